The number of terminal acetylenes is 1. The van der Waals surface area contributed by atoms with E-state index in [4.69, 9.17) is 16.3 Å². The van der Waals surface area contributed by atoms with E-state index in [9.17, 15) is 9.59 Å². The van der Waals surface area contributed by atoms with Gasteiger partial charge in [-0.3, -0.25) is 0 Å². The second-order valence-corrected chi connectivity index (χ2v) is 4.09. The van der Waals surface area contributed by atoms with E-state index in [-0.39, 0.29) is 12.5 Å². The first kappa shape index (κ1) is 16.3. The molecule has 102 valence electrons. The van der Waals surface area contributed by atoms with Crippen LogP contribution >= 0.6 is 0 Å². The largest absolute Gasteiger partial charge is 0.480 e. The van der Waals surface area contributed by atoms with E-state index in [0.717, 1.165) is 0 Å². The summed E-state index contributed by atoms with van der Waals surface area (Å²) in [6.45, 7) is 4.57. The minimum atomic E-state index is -1.15. The number of carbonyl (C=O) groups is 2. The number of amides is 2. The number of nitrogens with zero attached hydrogens (tertiary/aromatic N) is 1. The van der Waals surface area contributed by atoms with Gasteiger partial charge >= 0.3 is 12.0 Å². The van der Waals surface area contributed by atoms with Gasteiger partial charge in [0.05, 0.1) is 12.7 Å². The fourth-order valence-corrected chi connectivity index (χ4v) is 1.10. The molecule has 2 N–H and O–H groups in total. The van der Waals surface area contributed by atoms with Gasteiger partial charge in [0.25, 0.3) is 0 Å². The van der Waals surface area contributed by atoms with Gasteiger partial charge in [-0.05, 0) is 13.8 Å². The number of carboxylic acids is 1. The number of rotatable bonds is 7. The van der Waals surface area contributed by atoms with Gasteiger partial charge in [-0.2, -0.15) is 0 Å². The molecule has 0 rings (SSSR count). The summed E-state index contributed by atoms with van der Waals surface area (Å²) in [7, 11) is 1.56. The molecule has 0 aromatic rings. The standard InChI is InChI=1S/C12H20N2O4/c1-5-6-10(11(15)16)13-12(17)14(4)7-8-18-9(2)3/h1,9-10H,6-8H2,2-4H3,(H,13,17)(H,15,16). The number of hydrogen-bond donors (Lipinski definition) is 2. The van der Waals surface area contributed by atoms with Gasteiger partial charge in [-0.15, -0.1) is 12.3 Å². The summed E-state index contributed by atoms with van der Waals surface area (Å²) >= 11 is 0. The normalized spacial score (nSPS) is 11.7. The molecule has 6 nitrogen and oxygen atoms in total. The Morgan fingerprint density at radius 1 is 1.50 bits per heavy atom. The first-order chi connectivity index (χ1) is 8.38. The van der Waals surface area contributed by atoms with Gasteiger partial charge in [0, 0.05) is 20.0 Å². The highest BCUT2D eigenvalue weighted by molar-refractivity contribution is 5.82. The molecule has 1 unspecified atom stereocenters. The predicted molar refractivity (Wildman–Crippen MR) is 67.1 cm³/mol. The van der Waals surface area contributed by atoms with Gasteiger partial charge in [-0.1, -0.05) is 0 Å². The molecule has 0 aliphatic heterocycles. The molecule has 0 spiro atoms. The lowest BCUT2D eigenvalue weighted by molar-refractivity contribution is -0.139. The molecule has 0 bridgehead atoms. The molecular weight excluding hydrogens is 236 g/mol. The molecule has 1 atom stereocenters. The van der Waals surface area contributed by atoms with Gasteiger partial charge in [0.2, 0.25) is 0 Å². The molecule has 0 aliphatic carbocycles. The Labute approximate surface area is 107 Å². The zero-order valence-corrected chi connectivity index (χ0v) is 11.0. The summed E-state index contributed by atoms with van der Waals surface area (Å²) in [4.78, 5) is 23.8. The van der Waals surface area contributed by atoms with Crippen LogP contribution in [0.15, 0.2) is 0 Å². The maximum Gasteiger partial charge on any atom is 0.327 e. The lowest BCUT2D eigenvalue weighted by Crippen LogP contribution is -2.47. The Kier molecular flexibility index (Phi) is 7.56. The van der Waals surface area contributed by atoms with E-state index in [1.807, 2.05) is 13.8 Å². The van der Waals surface area contributed by atoms with Gasteiger partial charge in [0.1, 0.15) is 6.04 Å². The van der Waals surface area contributed by atoms with Crippen LogP contribution < -0.4 is 5.32 Å². The molecule has 18 heavy (non-hydrogen) atoms. The monoisotopic (exact) mass is 256 g/mol. The number of aliphatic carboxylic acids is 1. The van der Waals surface area contributed by atoms with E-state index in [1.54, 1.807) is 7.05 Å². The van der Waals surface area contributed by atoms with Crippen molar-refractivity contribution in [3.8, 4) is 12.3 Å². The van der Waals surface area contributed by atoms with E-state index < -0.39 is 18.0 Å². The molecule has 6 heteroatoms. The molecule has 0 aliphatic rings. The smallest absolute Gasteiger partial charge is 0.327 e. The second-order valence-electron chi connectivity index (χ2n) is 4.09. The van der Waals surface area contributed by atoms with Crippen molar-refractivity contribution in [2.45, 2.75) is 32.4 Å². The summed E-state index contributed by atoms with van der Waals surface area (Å²) in [5.74, 6) is 1.07. The summed E-state index contributed by atoms with van der Waals surface area (Å²) in [5.41, 5.74) is 0. The Morgan fingerprint density at radius 3 is 2.56 bits per heavy atom. The average molecular weight is 256 g/mol. The number of nitrogens with one attached hydrogen (secondary N) is 1. The highest BCUT2D eigenvalue weighted by Crippen LogP contribution is 1.95. The molecule has 2 amide bonds. The minimum Gasteiger partial charge on any atom is -0.480 e. The molecule has 0 saturated carbocycles. The lowest BCUT2D eigenvalue weighted by atomic mass is 10.2. The van der Waals surface area contributed by atoms with Crippen molar-refractivity contribution in [3.05, 3.63) is 0 Å². The van der Waals surface area contributed by atoms with Crippen LogP contribution in [0.2, 0.25) is 0 Å². The van der Waals surface area contributed by atoms with Gasteiger partial charge in [0.15, 0.2) is 0 Å². The lowest BCUT2D eigenvalue weighted by Gasteiger charge is -2.21. The number of likely N-dealkylation sites (N-methyl/N-ethyl adjacent to an activating group) is 1. The first-order valence-electron chi connectivity index (χ1n) is 5.68. The molecular formula is C12H20N2O4. The third-order valence-electron chi connectivity index (χ3n) is 2.14. The molecule has 0 radical (unpaired) electrons. The van der Waals surface area contributed by atoms with E-state index >= 15 is 0 Å². The van der Waals surface area contributed by atoms with Crippen LogP contribution in [-0.2, 0) is 9.53 Å². The molecule has 0 heterocycles. The molecule has 0 fully saturated rings. The highest BCUT2D eigenvalue weighted by atomic mass is 16.5. The SMILES string of the molecule is C#CCC(NC(=O)N(C)CCOC(C)C)C(=O)O. The zero-order valence-electron chi connectivity index (χ0n) is 11.0. The number of hydrogen-bond acceptors (Lipinski definition) is 3. The zero-order chi connectivity index (χ0) is 14.1. The van der Waals surface area contributed by atoms with E-state index in [1.165, 1.54) is 4.90 Å². The number of carbonyl (C=O) groups excluding carboxylic acids is 1. The summed E-state index contributed by atoms with van der Waals surface area (Å²) in [6, 6.07) is -1.54. The Morgan fingerprint density at radius 2 is 2.11 bits per heavy atom. The fourth-order valence-electron chi connectivity index (χ4n) is 1.10. The van der Waals surface area contributed by atoms with Gasteiger partial charge < -0.3 is 20.1 Å². The minimum absolute atomic E-state index is 0.0442. The maximum atomic E-state index is 11.6. The third-order valence-corrected chi connectivity index (χ3v) is 2.14. The van der Waals surface area contributed by atoms with E-state index in [0.29, 0.717) is 13.2 Å². The summed E-state index contributed by atoms with van der Waals surface area (Å²) in [6.07, 6.45) is 5.08. The Balaban J connectivity index is 4.13. The maximum absolute atomic E-state index is 11.6. The van der Waals surface area contributed by atoms with Crippen molar-refractivity contribution in [3.63, 3.8) is 0 Å². The molecule has 0 aromatic carbocycles. The summed E-state index contributed by atoms with van der Waals surface area (Å²) in [5, 5.41) is 11.2. The van der Waals surface area contributed by atoms with Crippen molar-refractivity contribution < 1.29 is 19.4 Å². The fraction of sp³-hybridized carbons (Fsp3) is 0.667. The van der Waals surface area contributed by atoms with Crippen LogP contribution in [0, 0.1) is 12.3 Å². The first-order valence-corrected chi connectivity index (χ1v) is 5.68. The van der Waals surface area contributed by atoms with Crippen molar-refractivity contribution in [2.24, 2.45) is 0 Å². The predicted octanol–water partition coefficient (Wildman–Crippen LogP) is 0.529. The number of urea groups is 1. The average Bonchev–Trinajstić information content (AvgIpc) is 2.27. The van der Waals surface area contributed by atoms with E-state index in [2.05, 4.69) is 11.2 Å². The number of carboxylic acid groups (broad SMARTS) is 1. The molecule has 0 saturated heterocycles. The van der Waals surface area contributed by atoms with Crippen LogP contribution in [0.1, 0.15) is 20.3 Å². The van der Waals surface area contributed by atoms with Crippen molar-refractivity contribution in [1.29, 1.82) is 0 Å². The van der Waals surface area contributed by atoms with Crippen molar-refractivity contribution in [2.75, 3.05) is 20.2 Å². The third kappa shape index (κ3) is 6.76. The Hall–Kier alpha value is -1.74. The van der Waals surface area contributed by atoms with Crippen molar-refractivity contribution >= 4 is 12.0 Å². The second kappa shape index (κ2) is 8.37. The van der Waals surface area contributed by atoms with Crippen LogP contribution in [-0.4, -0.2) is 54.4 Å². The van der Waals surface area contributed by atoms with Crippen LogP contribution in [0.4, 0.5) is 4.79 Å². The van der Waals surface area contributed by atoms with Crippen LogP contribution in [0.5, 0.6) is 0 Å². The topological polar surface area (TPSA) is 78.9 Å². The van der Waals surface area contributed by atoms with Crippen LogP contribution in [0.25, 0.3) is 0 Å². The van der Waals surface area contributed by atoms with Crippen molar-refractivity contribution in [1.82, 2.24) is 10.2 Å². The number of ether oxygens (including phenoxy) is 1. The summed E-state index contributed by atoms with van der Waals surface area (Å²) < 4.78 is 5.29. The Bertz CT molecular complexity index is 323. The highest BCUT2D eigenvalue weighted by Gasteiger charge is 2.20. The van der Waals surface area contributed by atoms with Crippen LogP contribution in [0.3, 0.4) is 0 Å². The quantitative estimate of drug-likeness (QED) is 0.651. The molecule has 0 aromatic heterocycles. The van der Waals surface area contributed by atoms with Gasteiger partial charge in [-0.25, -0.2) is 9.59 Å².